The maximum absolute atomic E-state index is 5.31. The molecule has 0 radical (unpaired) electrons. The molecule has 1 aromatic carbocycles. The minimum atomic E-state index is 0.671. The fourth-order valence-corrected chi connectivity index (χ4v) is 1.36. The summed E-state index contributed by atoms with van der Waals surface area (Å²) in [5.41, 5.74) is 3.50. The lowest BCUT2D eigenvalue weighted by Gasteiger charge is -2.07. The Morgan fingerprint density at radius 1 is 1.58 bits per heavy atom. The van der Waals surface area contributed by atoms with Gasteiger partial charge in [0.2, 0.25) is 0 Å². The largest absolute Gasteiger partial charge is 0.494 e. The summed E-state index contributed by atoms with van der Waals surface area (Å²) < 4.78 is 6.39. The number of hydrogen-bond acceptors (Lipinski definition) is 3. The number of hydrogen-bond donors (Lipinski definition) is 2. The highest BCUT2D eigenvalue weighted by atomic mass is 127. The van der Waals surface area contributed by atoms with Gasteiger partial charge in [-0.3, -0.25) is 5.84 Å². The number of hydrazine groups is 1. The topological polar surface area (TPSA) is 47.3 Å². The molecule has 0 bridgehead atoms. The van der Waals surface area contributed by atoms with Crippen LogP contribution in [0.1, 0.15) is 6.92 Å². The highest BCUT2D eigenvalue weighted by Gasteiger charge is 1.99. The zero-order valence-corrected chi connectivity index (χ0v) is 8.96. The predicted molar refractivity (Wildman–Crippen MR) is 58.1 cm³/mol. The van der Waals surface area contributed by atoms with E-state index in [1.54, 1.807) is 0 Å². The molecular formula is C8H11IN2O. The molecule has 0 saturated heterocycles. The standard InChI is InChI=1S/C8H11IN2O/c1-2-12-6-3-4-7(9)8(5-6)11-10/h3-5,11H,2,10H2,1H3. The molecule has 0 aliphatic carbocycles. The summed E-state index contributed by atoms with van der Waals surface area (Å²) in [6, 6.07) is 5.76. The summed E-state index contributed by atoms with van der Waals surface area (Å²) >= 11 is 2.21. The van der Waals surface area contributed by atoms with Gasteiger partial charge < -0.3 is 10.2 Å². The molecule has 1 rings (SSSR count). The Kier molecular flexibility index (Phi) is 3.61. The molecule has 0 heterocycles. The van der Waals surface area contributed by atoms with Crippen LogP contribution in [0.4, 0.5) is 5.69 Å². The summed E-state index contributed by atoms with van der Waals surface area (Å²) in [5.74, 6) is 6.14. The van der Waals surface area contributed by atoms with Gasteiger partial charge in [-0.15, -0.1) is 0 Å². The Morgan fingerprint density at radius 3 is 2.92 bits per heavy atom. The van der Waals surface area contributed by atoms with E-state index in [1.807, 2.05) is 25.1 Å². The molecule has 3 nitrogen and oxygen atoms in total. The first kappa shape index (κ1) is 9.60. The average Bonchev–Trinajstić information content (AvgIpc) is 2.09. The van der Waals surface area contributed by atoms with Crippen molar-refractivity contribution in [3.63, 3.8) is 0 Å². The van der Waals surface area contributed by atoms with Crippen LogP contribution in [0.5, 0.6) is 5.75 Å². The molecule has 66 valence electrons. The van der Waals surface area contributed by atoms with Crippen molar-refractivity contribution >= 4 is 28.3 Å². The van der Waals surface area contributed by atoms with Gasteiger partial charge in [-0.2, -0.15) is 0 Å². The van der Waals surface area contributed by atoms with Gasteiger partial charge in [-0.05, 0) is 41.6 Å². The number of nitrogens with one attached hydrogen (secondary N) is 1. The van der Waals surface area contributed by atoms with Crippen LogP contribution < -0.4 is 16.0 Å². The third kappa shape index (κ3) is 2.25. The quantitative estimate of drug-likeness (QED) is 0.505. The minimum absolute atomic E-state index is 0.671. The molecule has 0 atom stereocenters. The lowest BCUT2D eigenvalue weighted by atomic mass is 10.3. The summed E-state index contributed by atoms with van der Waals surface area (Å²) in [4.78, 5) is 0. The van der Waals surface area contributed by atoms with Gasteiger partial charge >= 0.3 is 0 Å². The van der Waals surface area contributed by atoms with Crippen molar-refractivity contribution in [3.05, 3.63) is 21.8 Å². The summed E-state index contributed by atoms with van der Waals surface area (Å²) in [6.45, 7) is 2.62. The van der Waals surface area contributed by atoms with Crippen LogP contribution in [0.3, 0.4) is 0 Å². The lowest BCUT2D eigenvalue weighted by molar-refractivity contribution is 0.340. The Balaban J connectivity index is 2.89. The van der Waals surface area contributed by atoms with Gasteiger partial charge in [-0.1, -0.05) is 0 Å². The van der Waals surface area contributed by atoms with E-state index >= 15 is 0 Å². The third-order valence-electron chi connectivity index (χ3n) is 1.40. The van der Waals surface area contributed by atoms with Crippen LogP contribution in [0, 0.1) is 3.57 Å². The first-order valence-corrected chi connectivity index (χ1v) is 4.74. The van der Waals surface area contributed by atoms with Crippen LogP contribution in [-0.2, 0) is 0 Å². The molecule has 0 amide bonds. The molecule has 0 saturated carbocycles. The first-order valence-electron chi connectivity index (χ1n) is 3.67. The van der Waals surface area contributed by atoms with E-state index < -0.39 is 0 Å². The van der Waals surface area contributed by atoms with E-state index in [1.165, 1.54) is 0 Å². The molecule has 0 fully saturated rings. The average molecular weight is 278 g/mol. The van der Waals surface area contributed by atoms with Crippen LogP contribution in [0.25, 0.3) is 0 Å². The predicted octanol–water partition coefficient (Wildman–Crippen LogP) is 1.98. The molecule has 0 aromatic heterocycles. The molecule has 0 aliphatic rings. The van der Waals surface area contributed by atoms with Crippen LogP contribution >= 0.6 is 22.6 Å². The first-order chi connectivity index (χ1) is 5.77. The van der Waals surface area contributed by atoms with Gasteiger partial charge in [-0.25, -0.2) is 0 Å². The fourth-order valence-electron chi connectivity index (χ4n) is 0.871. The zero-order chi connectivity index (χ0) is 8.97. The second-order valence-corrected chi connectivity index (χ2v) is 3.38. The Bertz CT molecular complexity index is 265. The van der Waals surface area contributed by atoms with Crippen molar-refractivity contribution in [1.29, 1.82) is 0 Å². The van der Waals surface area contributed by atoms with Crippen LogP contribution in [0.15, 0.2) is 18.2 Å². The highest BCUT2D eigenvalue weighted by Crippen LogP contribution is 2.22. The van der Waals surface area contributed by atoms with Gasteiger partial charge in [0.25, 0.3) is 0 Å². The van der Waals surface area contributed by atoms with Crippen LogP contribution in [-0.4, -0.2) is 6.61 Å². The second kappa shape index (κ2) is 4.51. The van der Waals surface area contributed by atoms with Gasteiger partial charge in [0.05, 0.1) is 12.3 Å². The Morgan fingerprint density at radius 2 is 2.33 bits per heavy atom. The molecule has 1 aromatic rings. The fraction of sp³-hybridized carbons (Fsp3) is 0.250. The zero-order valence-electron chi connectivity index (χ0n) is 6.80. The van der Waals surface area contributed by atoms with Crippen molar-refractivity contribution < 1.29 is 4.74 Å². The molecule has 0 spiro atoms. The van der Waals surface area contributed by atoms with Crippen molar-refractivity contribution in [2.75, 3.05) is 12.0 Å². The van der Waals surface area contributed by atoms with Gasteiger partial charge in [0.1, 0.15) is 5.75 Å². The number of benzene rings is 1. The number of rotatable bonds is 3. The molecule has 0 aliphatic heterocycles. The van der Waals surface area contributed by atoms with E-state index in [0.717, 1.165) is 15.0 Å². The Labute approximate surface area is 85.4 Å². The third-order valence-corrected chi connectivity index (χ3v) is 2.35. The van der Waals surface area contributed by atoms with Crippen molar-refractivity contribution in [1.82, 2.24) is 0 Å². The molecule has 12 heavy (non-hydrogen) atoms. The van der Waals surface area contributed by atoms with E-state index in [2.05, 4.69) is 28.0 Å². The lowest BCUT2D eigenvalue weighted by Crippen LogP contribution is -2.08. The van der Waals surface area contributed by atoms with Gasteiger partial charge in [0.15, 0.2) is 0 Å². The summed E-state index contributed by atoms with van der Waals surface area (Å²) in [5, 5.41) is 0. The van der Waals surface area contributed by atoms with Crippen LogP contribution in [0.2, 0.25) is 0 Å². The van der Waals surface area contributed by atoms with E-state index in [0.29, 0.717) is 6.61 Å². The SMILES string of the molecule is CCOc1ccc(I)c(NN)c1. The molecular weight excluding hydrogens is 267 g/mol. The molecule has 0 unspecified atom stereocenters. The van der Waals surface area contributed by atoms with Crippen molar-refractivity contribution in [3.8, 4) is 5.75 Å². The maximum Gasteiger partial charge on any atom is 0.121 e. The highest BCUT2D eigenvalue weighted by molar-refractivity contribution is 14.1. The van der Waals surface area contributed by atoms with Crippen molar-refractivity contribution in [2.24, 2.45) is 5.84 Å². The molecule has 3 N–H and O–H groups in total. The summed E-state index contributed by atoms with van der Waals surface area (Å²) in [7, 11) is 0. The number of anilines is 1. The van der Waals surface area contributed by atoms with E-state index in [4.69, 9.17) is 10.6 Å². The smallest absolute Gasteiger partial charge is 0.121 e. The minimum Gasteiger partial charge on any atom is -0.494 e. The molecule has 4 heteroatoms. The number of nitrogen functional groups attached to an aromatic ring is 1. The Hall–Kier alpha value is -0.490. The second-order valence-electron chi connectivity index (χ2n) is 2.22. The monoisotopic (exact) mass is 278 g/mol. The normalized spacial score (nSPS) is 9.58. The summed E-state index contributed by atoms with van der Waals surface area (Å²) in [6.07, 6.45) is 0. The van der Waals surface area contributed by atoms with Gasteiger partial charge in [0, 0.05) is 9.64 Å². The number of nitrogens with two attached hydrogens (primary N) is 1. The van der Waals surface area contributed by atoms with E-state index in [9.17, 15) is 0 Å². The number of halogens is 1. The van der Waals surface area contributed by atoms with Crippen molar-refractivity contribution in [2.45, 2.75) is 6.92 Å². The number of ether oxygens (including phenoxy) is 1. The van der Waals surface area contributed by atoms with E-state index in [-0.39, 0.29) is 0 Å². The maximum atomic E-state index is 5.31.